The Labute approximate surface area is 124 Å². The molecule has 0 amide bonds. The van der Waals surface area contributed by atoms with Crippen molar-refractivity contribution in [2.24, 2.45) is 0 Å². The van der Waals surface area contributed by atoms with Gasteiger partial charge in [-0.3, -0.25) is 0 Å². The van der Waals surface area contributed by atoms with E-state index in [1.54, 1.807) is 0 Å². The van der Waals surface area contributed by atoms with Crippen molar-refractivity contribution in [3.05, 3.63) is 28.2 Å². The molecule has 2 N–H and O–H groups in total. The molecule has 0 saturated heterocycles. The van der Waals surface area contributed by atoms with Crippen molar-refractivity contribution in [3.8, 4) is 0 Å². The highest BCUT2D eigenvalue weighted by Crippen LogP contribution is 2.24. The van der Waals surface area contributed by atoms with E-state index in [4.69, 9.17) is 23.2 Å². The Morgan fingerprint density at radius 1 is 1.17 bits per heavy atom. The van der Waals surface area contributed by atoms with Gasteiger partial charge in [-0.15, -0.1) is 12.4 Å². The molecule has 1 aromatic carbocycles. The van der Waals surface area contributed by atoms with E-state index in [0.717, 1.165) is 6.54 Å². The highest BCUT2D eigenvalue weighted by Gasteiger charge is 2.14. The molecular formula is C10H15Cl3N2O2S. The Balaban J connectivity index is 0.00000289. The molecule has 104 valence electrons. The summed E-state index contributed by atoms with van der Waals surface area (Å²) in [5.41, 5.74) is 0. The summed E-state index contributed by atoms with van der Waals surface area (Å²) in [4.78, 5) is 0.114. The van der Waals surface area contributed by atoms with Crippen LogP contribution in [-0.2, 0) is 10.0 Å². The number of hydrogen-bond acceptors (Lipinski definition) is 3. The van der Waals surface area contributed by atoms with Gasteiger partial charge < -0.3 is 5.32 Å². The first-order valence-electron chi connectivity index (χ1n) is 5.13. The third kappa shape index (κ3) is 5.30. The van der Waals surface area contributed by atoms with Crippen molar-refractivity contribution in [1.29, 1.82) is 0 Å². The average Bonchev–Trinajstić information content (AvgIpc) is 2.28. The maximum Gasteiger partial charge on any atom is 0.240 e. The van der Waals surface area contributed by atoms with Crippen LogP contribution in [-0.4, -0.2) is 28.1 Å². The number of hydrogen-bond donors (Lipinski definition) is 2. The monoisotopic (exact) mass is 332 g/mol. The van der Waals surface area contributed by atoms with Gasteiger partial charge in [0.05, 0.1) is 14.9 Å². The van der Waals surface area contributed by atoms with Gasteiger partial charge in [0.1, 0.15) is 0 Å². The standard InChI is InChI=1S/C10H14Cl2N2O2S.ClH/c1-2-13-5-6-14-17(15,16)8-3-4-9(11)10(12)7-8;/h3-4,7,13-14H,2,5-6H2,1H3;1H. The fourth-order valence-electron chi connectivity index (χ4n) is 1.18. The lowest BCUT2D eigenvalue weighted by atomic mass is 10.4. The largest absolute Gasteiger partial charge is 0.316 e. The summed E-state index contributed by atoms with van der Waals surface area (Å²) in [6.07, 6.45) is 0. The summed E-state index contributed by atoms with van der Waals surface area (Å²) < 4.78 is 26.1. The van der Waals surface area contributed by atoms with E-state index in [1.165, 1.54) is 18.2 Å². The Morgan fingerprint density at radius 3 is 2.39 bits per heavy atom. The van der Waals surface area contributed by atoms with Crippen LogP contribution in [0.5, 0.6) is 0 Å². The smallest absolute Gasteiger partial charge is 0.240 e. The summed E-state index contributed by atoms with van der Waals surface area (Å²) in [5, 5.41) is 3.57. The van der Waals surface area contributed by atoms with Gasteiger partial charge in [0.25, 0.3) is 0 Å². The van der Waals surface area contributed by atoms with Crippen LogP contribution in [0.15, 0.2) is 23.1 Å². The van der Waals surface area contributed by atoms with Crippen LogP contribution in [0.25, 0.3) is 0 Å². The fraction of sp³-hybridized carbons (Fsp3) is 0.400. The summed E-state index contributed by atoms with van der Waals surface area (Å²) >= 11 is 11.5. The lowest BCUT2D eigenvalue weighted by Gasteiger charge is -2.07. The van der Waals surface area contributed by atoms with E-state index in [2.05, 4.69) is 10.0 Å². The minimum Gasteiger partial charge on any atom is -0.316 e. The number of benzene rings is 1. The third-order valence-electron chi connectivity index (χ3n) is 2.05. The van der Waals surface area contributed by atoms with Gasteiger partial charge >= 0.3 is 0 Å². The van der Waals surface area contributed by atoms with E-state index in [0.29, 0.717) is 18.1 Å². The summed E-state index contributed by atoms with van der Waals surface area (Å²) in [6.45, 7) is 3.66. The van der Waals surface area contributed by atoms with Crippen molar-refractivity contribution in [3.63, 3.8) is 0 Å². The van der Waals surface area contributed by atoms with Gasteiger partial charge in [-0.05, 0) is 24.7 Å². The molecule has 8 heteroatoms. The molecule has 1 aromatic rings. The van der Waals surface area contributed by atoms with Crippen LogP contribution in [0.3, 0.4) is 0 Å². The summed E-state index contributed by atoms with van der Waals surface area (Å²) in [5.74, 6) is 0. The summed E-state index contributed by atoms with van der Waals surface area (Å²) in [7, 11) is -3.51. The average molecular weight is 334 g/mol. The van der Waals surface area contributed by atoms with Crippen LogP contribution in [0.1, 0.15) is 6.92 Å². The van der Waals surface area contributed by atoms with Crippen molar-refractivity contribution in [1.82, 2.24) is 10.0 Å². The van der Waals surface area contributed by atoms with E-state index in [9.17, 15) is 8.42 Å². The van der Waals surface area contributed by atoms with E-state index in [-0.39, 0.29) is 22.3 Å². The van der Waals surface area contributed by atoms with Gasteiger partial charge in [-0.1, -0.05) is 30.1 Å². The second-order valence-electron chi connectivity index (χ2n) is 3.33. The van der Waals surface area contributed by atoms with Crippen LogP contribution < -0.4 is 10.0 Å². The second-order valence-corrected chi connectivity index (χ2v) is 5.91. The van der Waals surface area contributed by atoms with E-state index in [1.807, 2.05) is 6.92 Å². The molecule has 4 nitrogen and oxygen atoms in total. The van der Waals surface area contributed by atoms with Crippen LogP contribution in [0, 0.1) is 0 Å². The zero-order valence-corrected chi connectivity index (χ0v) is 12.9. The fourth-order valence-corrected chi connectivity index (χ4v) is 2.60. The van der Waals surface area contributed by atoms with Gasteiger partial charge in [0.2, 0.25) is 10.0 Å². The minimum absolute atomic E-state index is 0. The molecule has 18 heavy (non-hydrogen) atoms. The first-order valence-corrected chi connectivity index (χ1v) is 7.36. The number of likely N-dealkylation sites (N-methyl/N-ethyl adjacent to an activating group) is 1. The minimum atomic E-state index is -3.51. The van der Waals surface area contributed by atoms with Gasteiger partial charge in [-0.2, -0.15) is 0 Å². The highest BCUT2D eigenvalue weighted by molar-refractivity contribution is 7.89. The van der Waals surface area contributed by atoms with Gasteiger partial charge in [0, 0.05) is 13.1 Å². The molecule has 0 aliphatic rings. The highest BCUT2D eigenvalue weighted by atomic mass is 35.5. The Bertz CT molecular complexity index is 480. The molecule has 1 rings (SSSR count). The lowest BCUT2D eigenvalue weighted by Crippen LogP contribution is -2.31. The lowest BCUT2D eigenvalue weighted by molar-refractivity contribution is 0.577. The summed E-state index contributed by atoms with van der Waals surface area (Å²) in [6, 6.07) is 4.21. The molecule has 0 aliphatic heterocycles. The van der Waals surface area contributed by atoms with Crippen LogP contribution in [0.2, 0.25) is 10.0 Å². The van der Waals surface area contributed by atoms with E-state index >= 15 is 0 Å². The maximum absolute atomic E-state index is 11.8. The van der Waals surface area contributed by atoms with Crippen molar-refractivity contribution in [2.45, 2.75) is 11.8 Å². The molecule has 0 radical (unpaired) electrons. The molecule has 0 unspecified atom stereocenters. The zero-order chi connectivity index (χ0) is 12.9. The molecular weight excluding hydrogens is 319 g/mol. The predicted molar refractivity (Wildman–Crippen MR) is 77.4 cm³/mol. The Hall–Kier alpha value is -0.0400. The third-order valence-corrected chi connectivity index (χ3v) is 4.24. The number of rotatable bonds is 6. The molecule has 0 bridgehead atoms. The topological polar surface area (TPSA) is 58.2 Å². The van der Waals surface area contributed by atoms with Gasteiger partial charge in [0.15, 0.2) is 0 Å². The number of nitrogens with one attached hydrogen (secondary N) is 2. The molecule has 0 spiro atoms. The molecule has 0 aromatic heterocycles. The molecule has 0 saturated carbocycles. The van der Waals surface area contributed by atoms with E-state index < -0.39 is 10.0 Å². The Kier molecular flexibility index (Phi) is 8.18. The molecule has 0 aliphatic carbocycles. The Morgan fingerprint density at radius 2 is 1.83 bits per heavy atom. The first-order chi connectivity index (χ1) is 7.97. The number of halogens is 3. The maximum atomic E-state index is 11.8. The SMILES string of the molecule is CCNCCNS(=O)(=O)c1ccc(Cl)c(Cl)c1.Cl. The molecule has 0 atom stereocenters. The van der Waals surface area contributed by atoms with Crippen molar-refractivity contribution >= 4 is 45.6 Å². The molecule has 0 fully saturated rings. The normalized spacial score (nSPS) is 11.1. The molecule has 0 heterocycles. The number of sulfonamides is 1. The van der Waals surface area contributed by atoms with Crippen LogP contribution in [0.4, 0.5) is 0 Å². The first kappa shape index (κ1) is 18.0. The quantitative estimate of drug-likeness (QED) is 0.785. The second kappa shape index (κ2) is 8.19. The van der Waals surface area contributed by atoms with Crippen molar-refractivity contribution in [2.75, 3.05) is 19.6 Å². The van der Waals surface area contributed by atoms with Crippen LogP contribution >= 0.6 is 35.6 Å². The van der Waals surface area contributed by atoms with Crippen molar-refractivity contribution < 1.29 is 8.42 Å². The zero-order valence-electron chi connectivity index (χ0n) is 9.74. The predicted octanol–water partition coefficient (Wildman–Crippen LogP) is 2.30. The van der Waals surface area contributed by atoms with Gasteiger partial charge in [-0.25, -0.2) is 13.1 Å².